The van der Waals surface area contributed by atoms with Gasteiger partial charge in [-0.15, -0.1) is 0 Å². The highest BCUT2D eigenvalue weighted by molar-refractivity contribution is 5.86. The minimum Gasteiger partial charge on any atom is -0.495 e. The fourth-order valence-electron chi connectivity index (χ4n) is 2.70. The van der Waals surface area contributed by atoms with Gasteiger partial charge in [-0.2, -0.15) is 0 Å². The zero-order valence-corrected chi connectivity index (χ0v) is 12.3. The van der Waals surface area contributed by atoms with Gasteiger partial charge in [-0.25, -0.2) is 0 Å². The first-order valence-electron chi connectivity index (χ1n) is 7.17. The third-order valence-corrected chi connectivity index (χ3v) is 3.77. The average molecular weight is 277 g/mol. The summed E-state index contributed by atoms with van der Waals surface area (Å²) in [5, 5.41) is 6.10. The van der Waals surface area contributed by atoms with Crippen LogP contribution >= 0.6 is 0 Å². The van der Waals surface area contributed by atoms with Crippen LogP contribution in [0, 0.1) is 0 Å². The van der Waals surface area contributed by atoms with Crippen molar-refractivity contribution in [2.24, 2.45) is 0 Å². The van der Waals surface area contributed by atoms with E-state index in [0.29, 0.717) is 0 Å². The van der Waals surface area contributed by atoms with E-state index < -0.39 is 0 Å². The van der Waals surface area contributed by atoms with Gasteiger partial charge in [0.05, 0.1) is 12.8 Å². The largest absolute Gasteiger partial charge is 0.495 e. The summed E-state index contributed by atoms with van der Waals surface area (Å²) in [6.45, 7) is 2.17. The highest BCUT2D eigenvalue weighted by atomic mass is 16.5. The van der Waals surface area contributed by atoms with Crippen molar-refractivity contribution in [1.82, 2.24) is 0 Å². The lowest BCUT2D eigenvalue weighted by molar-refractivity contribution is 0.416. The van der Waals surface area contributed by atoms with E-state index in [0.717, 1.165) is 11.4 Å². The highest BCUT2D eigenvalue weighted by Gasteiger charge is 2.11. The van der Waals surface area contributed by atoms with Gasteiger partial charge in [-0.05, 0) is 35.4 Å². The second-order valence-electron chi connectivity index (χ2n) is 5.13. The molecule has 0 aromatic heterocycles. The molecule has 0 heterocycles. The number of hydrogen-bond acceptors (Lipinski definition) is 2. The van der Waals surface area contributed by atoms with Gasteiger partial charge in [0.2, 0.25) is 0 Å². The van der Waals surface area contributed by atoms with Crippen LogP contribution in [0.2, 0.25) is 0 Å². The summed E-state index contributed by atoms with van der Waals surface area (Å²) in [4.78, 5) is 0. The summed E-state index contributed by atoms with van der Waals surface area (Å²) in [6.07, 6.45) is 0. The lowest BCUT2D eigenvalue weighted by atomic mass is 9.99. The first-order valence-corrected chi connectivity index (χ1v) is 7.17. The molecule has 0 radical (unpaired) electrons. The van der Waals surface area contributed by atoms with Crippen molar-refractivity contribution in [2.45, 2.75) is 13.0 Å². The van der Waals surface area contributed by atoms with Gasteiger partial charge in [0.1, 0.15) is 5.75 Å². The molecule has 0 fully saturated rings. The normalized spacial score (nSPS) is 12.1. The quantitative estimate of drug-likeness (QED) is 0.723. The lowest BCUT2D eigenvalue weighted by Gasteiger charge is -2.19. The molecule has 21 heavy (non-hydrogen) atoms. The molecule has 2 nitrogen and oxygen atoms in total. The molecule has 3 aromatic carbocycles. The maximum absolute atomic E-state index is 5.41. The van der Waals surface area contributed by atoms with E-state index >= 15 is 0 Å². The summed E-state index contributed by atoms with van der Waals surface area (Å²) in [7, 11) is 1.70. The molecule has 0 amide bonds. The van der Waals surface area contributed by atoms with E-state index in [9.17, 15) is 0 Å². The maximum Gasteiger partial charge on any atom is 0.141 e. The predicted octanol–water partition coefficient (Wildman–Crippen LogP) is 5.02. The molecule has 1 N–H and O–H groups in total. The third kappa shape index (κ3) is 2.70. The van der Waals surface area contributed by atoms with Crippen LogP contribution in [0.1, 0.15) is 18.5 Å². The molecule has 0 saturated heterocycles. The van der Waals surface area contributed by atoms with Gasteiger partial charge in [0.15, 0.2) is 0 Å². The molecular weight excluding hydrogens is 258 g/mol. The Labute approximate surface area is 125 Å². The second-order valence-corrected chi connectivity index (χ2v) is 5.13. The number of rotatable bonds is 4. The van der Waals surface area contributed by atoms with Crippen LogP contribution < -0.4 is 10.1 Å². The maximum atomic E-state index is 5.41. The molecule has 0 saturated carbocycles. The van der Waals surface area contributed by atoms with Crippen molar-refractivity contribution in [3.05, 3.63) is 72.3 Å². The Morgan fingerprint density at radius 3 is 2.43 bits per heavy atom. The van der Waals surface area contributed by atoms with Crippen LogP contribution in [-0.4, -0.2) is 7.11 Å². The number of nitrogens with one attached hydrogen (secondary N) is 1. The number of anilines is 1. The van der Waals surface area contributed by atoms with Crippen LogP contribution in [0.4, 0.5) is 5.69 Å². The highest BCUT2D eigenvalue weighted by Crippen LogP contribution is 2.30. The smallest absolute Gasteiger partial charge is 0.141 e. The van der Waals surface area contributed by atoms with E-state index in [1.807, 2.05) is 24.3 Å². The molecule has 0 aliphatic carbocycles. The summed E-state index contributed by atoms with van der Waals surface area (Å²) in [6, 6.07) is 23.1. The van der Waals surface area contributed by atoms with Gasteiger partial charge in [0, 0.05) is 6.04 Å². The van der Waals surface area contributed by atoms with Crippen LogP contribution in [0.5, 0.6) is 5.75 Å². The molecule has 0 aliphatic heterocycles. The molecular formula is C19H19NO. The topological polar surface area (TPSA) is 21.3 Å². The monoisotopic (exact) mass is 277 g/mol. The van der Waals surface area contributed by atoms with Crippen molar-refractivity contribution in [1.29, 1.82) is 0 Å². The molecule has 3 rings (SSSR count). The Kier molecular flexibility index (Phi) is 3.78. The second kappa shape index (κ2) is 5.88. The van der Waals surface area contributed by atoms with Crippen LogP contribution in [0.25, 0.3) is 10.8 Å². The summed E-state index contributed by atoms with van der Waals surface area (Å²) in [5.74, 6) is 0.865. The number of hydrogen-bond donors (Lipinski definition) is 1. The van der Waals surface area contributed by atoms with E-state index in [4.69, 9.17) is 4.74 Å². The standard InChI is InChI=1S/C19H19NO/c1-14(20-18-12-5-6-13-19(18)21-2)16-11-7-9-15-8-3-4-10-17(15)16/h3-14,20H,1-2H3. The summed E-state index contributed by atoms with van der Waals surface area (Å²) in [5.41, 5.74) is 2.31. The number of para-hydroxylation sites is 2. The van der Waals surface area contributed by atoms with Gasteiger partial charge in [-0.3, -0.25) is 0 Å². The Bertz CT molecular complexity index is 746. The number of methoxy groups -OCH3 is 1. The first kappa shape index (κ1) is 13.5. The number of benzene rings is 3. The Morgan fingerprint density at radius 2 is 1.57 bits per heavy atom. The Hall–Kier alpha value is -2.48. The van der Waals surface area contributed by atoms with Crippen molar-refractivity contribution < 1.29 is 4.74 Å². The van der Waals surface area contributed by atoms with Crippen molar-refractivity contribution in [2.75, 3.05) is 12.4 Å². The molecule has 3 aromatic rings. The lowest BCUT2D eigenvalue weighted by Crippen LogP contribution is -2.08. The van der Waals surface area contributed by atoms with Crippen LogP contribution in [0.15, 0.2) is 66.7 Å². The minimum absolute atomic E-state index is 0.201. The van der Waals surface area contributed by atoms with E-state index in [1.165, 1.54) is 16.3 Å². The van der Waals surface area contributed by atoms with Gasteiger partial charge in [0.25, 0.3) is 0 Å². The zero-order valence-electron chi connectivity index (χ0n) is 12.3. The first-order chi connectivity index (χ1) is 10.3. The Balaban J connectivity index is 1.96. The van der Waals surface area contributed by atoms with Gasteiger partial charge < -0.3 is 10.1 Å². The fourth-order valence-corrected chi connectivity index (χ4v) is 2.70. The average Bonchev–Trinajstić information content (AvgIpc) is 2.54. The predicted molar refractivity (Wildman–Crippen MR) is 89.0 cm³/mol. The molecule has 0 bridgehead atoms. The molecule has 2 heteroatoms. The fraction of sp³-hybridized carbons (Fsp3) is 0.158. The van der Waals surface area contributed by atoms with E-state index in [1.54, 1.807) is 7.11 Å². The van der Waals surface area contributed by atoms with Crippen molar-refractivity contribution in [3.63, 3.8) is 0 Å². The summed E-state index contributed by atoms with van der Waals surface area (Å²) >= 11 is 0. The zero-order chi connectivity index (χ0) is 14.7. The van der Waals surface area contributed by atoms with Crippen LogP contribution in [-0.2, 0) is 0 Å². The molecule has 106 valence electrons. The molecule has 0 aliphatic rings. The number of ether oxygens (including phenoxy) is 1. The SMILES string of the molecule is COc1ccccc1NC(C)c1cccc2ccccc12. The molecule has 1 unspecified atom stereocenters. The van der Waals surface area contributed by atoms with Crippen molar-refractivity contribution >= 4 is 16.5 Å². The minimum atomic E-state index is 0.201. The Morgan fingerprint density at radius 1 is 0.857 bits per heavy atom. The third-order valence-electron chi connectivity index (χ3n) is 3.77. The van der Waals surface area contributed by atoms with E-state index in [-0.39, 0.29) is 6.04 Å². The summed E-state index contributed by atoms with van der Waals surface area (Å²) < 4.78 is 5.41. The molecule has 1 atom stereocenters. The van der Waals surface area contributed by atoms with Gasteiger partial charge in [-0.1, -0.05) is 54.6 Å². The van der Waals surface area contributed by atoms with Crippen LogP contribution in [0.3, 0.4) is 0 Å². The van der Waals surface area contributed by atoms with Gasteiger partial charge >= 0.3 is 0 Å². The number of fused-ring (bicyclic) bond motifs is 1. The van der Waals surface area contributed by atoms with Crippen molar-refractivity contribution in [3.8, 4) is 5.75 Å². The molecule has 0 spiro atoms. The van der Waals surface area contributed by atoms with E-state index in [2.05, 4.69) is 54.7 Å².